The number of anilines is 1. The summed E-state index contributed by atoms with van der Waals surface area (Å²) in [7, 11) is -3.61. The molecule has 1 heterocycles. The Balaban J connectivity index is 1.98. The van der Waals surface area contributed by atoms with Crippen molar-refractivity contribution in [1.29, 1.82) is 0 Å². The lowest BCUT2D eigenvalue weighted by Crippen LogP contribution is -2.40. The number of carbonyl (C=O) groups is 1. The van der Waals surface area contributed by atoms with Crippen molar-refractivity contribution in [3.05, 3.63) is 42.7 Å². The third-order valence-corrected chi connectivity index (χ3v) is 6.38. The summed E-state index contributed by atoms with van der Waals surface area (Å²) in [6, 6.07) is 6.06. The summed E-state index contributed by atoms with van der Waals surface area (Å²) in [5.74, 6) is 0.781. The number of rotatable bonds is 9. The predicted molar refractivity (Wildman–Crippen MR) is 115 cm³/mol. The molecule has 0 radical (unpaired) electrons. The molecule has 0 aliphatic heterocycles. The monoisotopic (exact) mass is 437 g/mol. The lowest BCUT2D eigenvalue weighted by atomic mass is 10.1. The van der Waals surface area contributed by atoms with Gasteiger partial charge in [-0.05, 0) is 45.0 Å². The van der Waals surface area contributed by atoms with Gasteiger partial charge in [-0.2, -0.15) is 0 Å². The Morgan fingerprint density at radius 3 is 2.45 bits per heavy atom. The molecule has 0 atom stereocenters. The summed E-state index contributed by atoms with van der Waals surface area (Å²) in [6.07, 6.45) is 2.50. The van der Waals surface area contributed by atoms with E-state index in [4.69, 9.17) is 0 Å². The molecule has 1 amide bonds. The standard InChI is InChI=1S/C19H27N5O3S2/c1-6-12-24-16(7-2)21-22-18(24)28-13-17(25)20-14-8-10-15(11-9-14)29(26,27)23-19(3,4)5/h6,8-11,23H,1,7,12-13H2,2-5H3,(H,20,25). The molecule has 0 aliphatic carbocycles. The molecule has 0 aliphatic rings. The van der Waals surface area contributed by atoms with Crippen molar-refractivity contribution in [2.45, 2.75) is 56.3 Å². The van der Waals surface area contributed by atoms with Gasteiger partial charge < -0.3 is 9.88 Å². The van der Waals surface area contributed by atoms with Crippen LogP contribution in [0.25, 0.3) is 0 Å². The van der Waals surface area contributed by atoms with Crippen LogP contribution in [0.2, 0.25) is 0 Å². The maximum Gasteiger partial charge on any atom is 0.241 e. The summed E-state index contributed by atoms with van der Waals surface area (Å²) >= 11 is 1.29. The van der Waals surface area contributed by atoms with E-state index >= 15 is 0 Å². The number of benzene rings is 1. The van der Waals surface area contributed by atoms with E-state index in [1.165, 1.54) is 23.9 Å². The first-order chi connectivity index (χ1) is 13.6. The second-order valence-electron chi connectivity index (χ2n) is 7.37. The zero-order chi connectivity index (χ0) is 21.7. The molecule has 2 rings (SSSR count). The van der Waals surface area contributed by atoms with Gasteiger partial charge in [-0.3, -0.25) is 4.79 Å². The summed E-state index contributed by atoms with van der Waals surface area (Å²) < 4.78 is 29.2. The van der Waals surface area contributed by atoms with Gasteiger partial charge in [-0.1, -0.05) is 24.8 Å². The molecule has 0 spiro atoms. The van der Waals surface area contributed by atoms with Gasteiger partial charge >= 0.3 is 0 Å². The first kappa shape index (κ1) is 23.1. The van der Waals surface area contributed by atoms with Gasteiger partial charge in [0.15, 0.2) is 5.16 Å². The lowest BCUT2D eigenvalue weighted by Gasteiger charge is -2.20. The Hall–Kier alpha value is -2.17. The first-order valence-corrected chi connectivity index (χ1v) is 11.6. The van der Waals surface area contributed by atoms with E-state index in [9.17, 15) is 13.2 Å². The number of allylic oxidation sites excluding steroid dienone is 1. The zero-order valence-electron chi connectivity index (χ0n) is 17.1. The van der Waals surface area contributed by atoms with E-state index in [0.717, 1.165) is 12.2 Å². The summed E-state index contributed by atoms with van der Waals surface area (Å²) in [5, 5.41) is 11.7. The number of hydrogen-bond acceptors (Lipinski definition) is 6. The molecule has 1 aromatic carbocycles. The highest BCUT2D eigenvalue weighted by molar-refractivity contribution is 7.99. The highest BCUT2D eigenvalue weighted by Crippen LogP contribution is 2.19. The average molecular weight is 438 g/mol. The summed E-state index contributed by atoms with van der Waals surface area (Å²) in [6.45, 7) is 11.6. The number of thioether (sulfide) groups is 1. The highest BCUT2D eigenvalue weighted by atomic mass is 32.2. The number of amides is 1. The topological polar surface area (TPSA) is 106 Å². The van der Waals surface area contributed by atoms with Crippen LogP contribution < -0.4 is 10.0 Å². The number of sulfonamides is 1. The Kier molecular flexibility index (Phi) is 7.61. The fourth-order valence-electron chi connectivity index (χ4n) is 2.51. The van der Waals surface area contributed by atoms with Crippen LogP contribution in [-0.4, -0.2) is 40.4 Å². The van der Waals surface area contributed by atoms with E-state index in [0.29, 0.717) is 17.4 Å². The number of nitrogens with one attached hydrogen (secondary N) is 2. The van der Waals surface area contributed by atoms with Crippen LogP contribution in [0.1, 0.15) is 33.5 Å². The Morgan fingerprint density at radius 2 is 1.90 bits per heavy atom. The number of carbonyl (C=O) groups excluding carboxylic acids is 1. The molecular formula is C19H27N5O3S2. The van der Waals surface area contributed by atoms with E-state index in [1.54, 1.807) is 39.0 Å². The van der Waals surface area contributed by atoms with Gasteiger partial charge in [0, 0.05) is 24.2 Å². The quantitative estimate of drug-likeness (QED) is 0.462. The second-order valence-corrected chi connectivity index (χ2v) is 9.99. The van der Waals surface area contributed by atoms with E-state index < -0.39 is 15.6 Å². The minimum absolute atomic E-state index is 0.143. The Bertz CT molecular complexity index is 961. The van der Waals surface area contributed by atoms with Gasteiger partial charge in [0.25, 0.3) is 0 Å². The third kappa shape index (κ3) is 6.69. The predicted octanol–water partition coefficient (Wildman–Crippen LogP) is 2.83. The van der Waals surface area contributed by atoms with E-state index in [-0.39, 0.29) is 16.6 Å². The molecule has 0 saturated heterocycles. The van der Waals surface area contributed by atoms with Crippen molar-refractivity contribution in [2.75, 3.05) is 11.1 Å². The normalized spacial score (nSPS) is 12.0. The van der Waals surface area contributed by atoms with Crippen LogP contribution in [0, 0.1) is 0 Å². The van der Waals surface area contributed by atoms with E-state index in [2.05, 4.69) is 26.8 Å². The van der Waals surface area contributed by atoms with Crippen LogP contribution in [0.4, 0.5) is 5.69 Å². The zero-order valence-corrected chi connectivity index (χ0v) is 18.7. The van der Waals surface area contributed by atoms with Crippen LogP contribution in [-0.2, 0) is 27.8 Å². The second kappa shape index (κ2) is 9.55. The van der Waals surface area contributed by atoms with Crippen molar-refractivity contribution in [2.24, 2.45) is 0 Å². The third-order valence-electron chi connectivity index (χ3n) is 3.64. The van der Waals surface area contributed by atoms with Crippen molar-refractivity contribution in [1.82, 2.24) is 19.5 Å². The molecule has 8 nitrogen and oxygen atoms in total. The number of hydrogen-bond donors (Lipinski definition) is 2. The molecular weight excluding hydrogens is 410 g/mol. The van der Waals surface area contributed by atoms with Gasteiger partial charge in [-0.15, -0.1) is 16.8 Å². The first-order valence-electron chi connectivity index (χ1n) is 9.15. The molecule has 2 aromatic rings. The SMILES string of the molecule is C=CCn1c(CC)nnc1SCC(=O)Nc1ccc(S(=O)(=O)NC(C)(C)C)cc1. The van der Waals surface area contributed by atoms with Crippen LogP contribution >= 0.6 is 11.8 Å². The van der Waals surface area contributed by atoms with Crippen molar-refractivity contribution in [3.8, 4) is 0 Å². The molecule has 10 heteroatoms. The van der Waals surface area contributed by atoms with Crippen molar-refractivity contribution >= 4 is 33.4 Å². The fraction of sp³-hybridized carbons (Fsp3) is 0.421. The summed E-state index contributed by atoms with van der Waals surface area (Å²) in [4.78, 5) is 12.4. The molecule has 0 saturated carbocycles. The van der Waals surface area contributed by atoms with Crippen LogP contribution in [0.15, 0.2) is 47.0 Å². The minimum atomic E-state index is -3.61. The Labute approximate surface area is 176 Å². The van der Waals surface area contributed by atoms with Crippen LogP contribution in [0.5, 0.6) is 0 Å². The summed E-state index contributed by atoms with van der Waals surface area (Å²) in [5.41, 5.74) is -0.0562. The maximum absolute atomic E-state index is 12.3. The van der Waals surface area contributed by atoms with Crippen LogP contribution in [0.3, 0.4) is 0 Å². The largest absolute Gasteiger partial charge is 0.325 e. The lowest BCUT2D eigenvalue weighted by molar-refractivity contribution is -0.113. The number of aryl methyl sites for hydroxylation is 1. The van der Waals surface area contributed by atoms with Crippen molar-refractivity contribution < 1.29 is 13.2 Å². The molecule has 2 N–H and O–H groups in total. The Morgan fingerprint density at radius 1 is 1.24 bits per heavy atom. The molecule has 0 fully saturated rings. The molecule has 158 valence electrons. The number of aromatic nitrogens is 3. The fourth-order valence-corrected chi connectivity index (χ4v) is 4.69. The molecule has 1 aromatic heterocycles. The maximum atomic E-state index is 12.3. The van der Waals surface area contributed by atoms with Gasteiger partial charge in [-0.25, -0.2) is 13.1 Å². The van der Waals surface area contributed by atoms with Gasteiger partial charge in [0.2, 0.25) is 15.9 Å². The average Bonchev–Trinajstić information content (AvgIpc) is 3.00. The van der Waals surface area contributed by atoms with Gasteiger partial charge in [0.1, 0.15) is 5.82 Å². The molecule has 0 bridgehead atoms. The van der Waals surface area contributed by atoms with Crippen molar-refractivity contribution in [3.63, 3.8) is 0 Å². The smallest absolute Gasteiger partial charge is 0.241 e. The van der Waals surface area contributed by atoms with E-state index in [1.807, 2.05) is 11.5 Å². The molecule has 0 unspecified atom stereocenters. The minimum Gasteiger partial charge on any atom is -0.325 e. The van der Waals surface area contributed by atoms with Gasteiger partial charge in [0.05, 0.1) is 10.6 Å². The highest BCUT2D eigenvalue weighted by Gasteiger charge is 2.21. The molecule has 29 heavy (non-hydrogen) atoms. The number of nitrogens with zero attached hydrogens (tertiary/aromatic N) is 3.